The number of rotatable bonds is 7. The second-order valence-corrected chi connectivity index (χ2v) is 6.88. The minimum atomic E-state index is -0.569. The highest BCUT2D eigenvalue weighted by molar-refractivity contribution is 5.99. The molecule has 1 heterocycles. The topological polar surface area (TPSA) is 80.6 Å². The summed E-state index contributed by atoms with van der Waals surface area (Å²) in [5.74, 6) is -0.203. The molecular weight excluding hydrogens is 368 g/mol. The van der Waals surface area contributed by atoms with Gasteiger partial charge in [0.05, 0.1) is 18.4 Å². The SMILES string of the molecule is Cc1cc(C)c(NC(=O)COC(=O)c2ccccc2NCc2ccco2)c(C)c1. The van der Waals surface area contributed by atoms with Crippen LogP contribution in [0.25, 0.3) is 0 Å². The van der Waals surface area contributed by atoms with Gasteiger partial charge in [-0.3, -0.25) is 4.79 Å². The van der Waals surface area contributed by atoms with Crippen LogP contribution in [-0.2, 0) is 16.1 Å². The largest absolute Gasteiger partial charge is 0.467 e. The van der Waals surface area contributed by atoms with E-state index in [0.29, 0.717) is 17.8 Å². The van der Waals surface area contributed by atoms with Gasteiger partial charge in [0.25, 0.3) is 5.91 Å². The van der Waals surface area contributed by atoms with Crippen LogP contribution in [0, 0.1) is 20.8 Å². The number of hydrogen-bond donors (Lipinski definition) is 2. The third-order valence-corrected chi connectivity index (χ3v) is 4.46. The number of carbonyl (C=O) groups excluding carboxylic acids is 2. The molecule has 0 aliphatic heterocycles. The van der Waals surface area contributed by atoms with Crippen molar-refractivity contribution in [2.45, 2.75) is 27.3 Å². The van der Waals surface area contributed by atoms with E-state index in [1.165, 1.54) is 0 Å². The number of ether oxygens (including phenoxy) is 1. The van der Waals surface area contributed by atoms with E-state index in [9.17, 15) is 9.59 Å². The van der Waals surface area contributed by atoms with Crippen LogP contribution in [0.5, 0.6) is 0 Å². The zero-order valence-corrected chi connectivity index (χ0v) is 16.7. The van der Waals surface area contributed by atoms with E-state index in [2.05, 4.69) is 10.6 Å². The molecule has 3 rings (SSSR count). The summed E-state index contributed by atoms with van der Waals surface area (Å²) < 4.78 is 10.5. The van der Waals surface area contributed by atoms with E-state index in [1.54, 1.807) is 30.5 Å². The summed E-state index contributed by atoms with van der Waals surface area (Å²) in [6.07, 6.45) is 1.59. The lowest BCUT2D eigenvalue weighted by Crippen LogP contribution is -2.22. The van der Waals surface area contributed by atoms with Crippen LogP contribution in [0.2, 0.25) is 0 Å². The number of anilines is 2. The molecule has 0 saturated carbocycles. The molecule has 0 aliphatic rings. The number of furan rings is 1. The number of para-hydroxylation sites is 1. The van der Waals surface area contributed by atoms with Gasteiger partial charge in [0.1, 0.15) is 5.76 Å². The normalized spacial score (nSPS) is 10.4. The number of hydrogen-bond acceptors (Lipinski definition) is 5. The van der Waals surface area contributed by atoms with Crippen LogP contribution < -0.4 is 10.6 Å². The number of benzene rings is 2. The second-order valence-electron chi connectivity index (χ2n) is 6.88. The fraction of sp³-hybridized carbons (Fsp3) is 0.217. The molecular formula is C23H24N2O4. The molecule has 0 spiro atoms. The molecule has 150 valence electrons. The van der Waals surface area contributed by atoms with Gasteiger partial charge in [0.2, 0.25) is 0 Å². The maximum absolute atomic E-state index is 12.5. The molecule has 0 fully saturated rings. The minimum absolute atomic E-state index is 0.356. The van der Waals surface area contributed by atoms with Crippen LogP contribution in [0.15, 0.2) is 59.2 Å². The van der Waals surface area contributed by atoms with Crippen molar-refractivity contribution in [2.24, 2.45) is 0 Å². The monoisotopic (exact) mass is 392 g/mol. The quantitative estimate of drug-likeness (QED) is 0.574. The van der Waals surface area contributed by atoms with Gasteiger partial charge in [-0.05, 0) is 56.2 Å². The Balaban J connectivity index is 1.60. The summed E-state index contributed by atoms with van der Waals surface area (Å²) in [6.45, 7) is 5.94. The molecule has 0 saturated heterocycles. The van der Waals surface area contributed by atoms with Crippen molar-refractivity contribution in [1.29, 1.82) is 0 Å². The summed E-state index contributed by atoms with van der Waals surface area (Å²) in [4.78, 5) is 24.8. The zero-order valence-electron chi connectivity index (χ0n) is 16.7. The highest BCUT2D eigenvalue weighted by atomic mass is 16.5. The molecule has 29 heavy (non-hydrogen) atoms. The van der Waals surface area contributed by atoms with Crippen molar-refractivity contribution in [3.63, 3.8) is 0 Å². The average Bonchev–Trinajstić information content (AvgIpc) is 3.21. The molecule has 1 amide bonds. The first-order valence-corrected chi connectivity index (χ1v) is 9.34. The standard InChI is InChI=1S/C23H24N2O4/c1-15-11-16(2)22(17(3)12-15)25-21(26)14-29-23(27)19-8-4-5-9-20(19)24-13-18-7-6-10-28-18/h4-12,24H,13-14H2,1-3H3,(H,25,26). The van der Waals surface area contributed by atoms with Gasteiger partial charge in [-0.25, -0.2) is 4.79 Å². The molecule has 0 atom stereocenters. The van der Waals surface area contributed by atoms with Crippen molar-refractivity contribution in [2.75, 3.05) is 17.2 Å². The number of aryl methyl sites for hydroxylation is 3. The van der Waals surface area contributed by atoms with Crippen molar-refractivity contribution in [3.05, 3.63) is 82.8 Å². The first-order valence-electron chi connectivity index (χ1n) is 9.34. The Morgan fingerprint density at radius 1 is 1.00 bits per heavy atom. The predicted octanol–water partition coefficient (Wildman–Crippen LogP) is 4.61. The number of nitrogens with one attached hydrogen (secondary N) is 2. The molecule has 0 aliphatic carbocycles. The molecule has 3 aromatic rings. The van der Waals surface area contributed by atoms with Crippen LogP contribution in [0.4, 0.5) is 11.4 Å². The van der Waals surface area contributed by atoms with Crippen molar-refractivity contribution >= 4 is 23.3 Å². The first kappa shape index (κ1) is 20.2. The van der Waals surface area contributed by atoms with Crippen LogP contribution in [0.1, 0.15) is 32.8 Å². The van der Waals surface area contributed by atoms with Gasteiger partial charge in [-0.1, -0.05) is 29.8 Å². The van der Waals surface area contributed by atoms with E-state index >= 15 is 0 Å². The third kappa shape index (κ3) is 5.25. The van der Waals surface area contributed by atoms with Crippen LogP contribution in [0.3, 0.4) is 0 Å². The van der Waals surface area contributed by atoms with E-state index in [-0.39, 0.29) is 12.5 Å². The van der Waals surface area contributed by atoms with Gasteiger partial charge >= 0.3 is 5.97 Å². The van der Waals surface area contributed by atoms with Crippen LogP contribution in [-0.4, -0.2) is 18.5 Å². The van der Waals surface area contributed by atoms with Crippen molar-refractivity contribution in [3.8, 4) is 0 Å². The van der Waals surface area contributed by atoms with E-state index in [4.69, 9.17) is 9.15 Å². The predicted molar refractivity (Wildman–Crippen MR) is 112 cm³/mol. The second kappa shape index (κ2) is 9.10. The molecule has 0 radical (unpaired) electrons. The summed E-state index contributed by atoms with van der Waals surface area (Å²) in [7, 11) is 0. The van der Waals surface area contributed by atoms with Gasteiger partial charge in [0, 0.05) is 11.4 Å². The van der Waals surface area contributed by atoms with Gasteiger partial charge < -0.3 is 19.8 Å². The lowest BCUT2D eigenvalue weighted by Gasteiger charge is -2.14. The Morgan fingerprint density at radius 2 is 1.72 bits per heavy atom. The van der Waals surface area contributed by atoms with Crippen LogP contribution >= 0.6 is 0 Å². The maximum atomic E-state index is 12.5. The Kier molecular flexibility index (Phi) is 6.34. The maximum Gasteiger partial charge on any atom is 0.340 e. The lowest BCUT2D eigenvalue weighted by molar-refractivity contribution is -0.119. The van der Waals surface area contributed by atoms with Crippen molar-refractivity contribution in [1.82, 2.24) is 0 Å². The van der Waals surface area contributed by atoms with E-state index in [1.807, 2.05) is 45.0 Å². The van der Waals surface area contributed by atoms with Gasteiger partial charge in [-0.15, -0.1) is 0 Å². The fourth-order valence-corrected chi connectivity index (χ4v) is 3.17. The number of amides is 1. The van der Waals surface area contributed by atoms with Crippen molar-refractivity contribution < 1.29 is 18.7 Å². The van der Waals surface area contributed by atoms with Gasteiger partial charge in [0.15, 0.2) is 6.61 Å². The summed E-state index contributed by atoms with van der Waals surface area (Å²) in [6, 6.07) is 14.6. The first-order chi connectivity index (χ1) is 13.9. The van der Waals surface area contributed by atoms with Gasteiger partial charge in [-0.2, -0.15) is 0 Å². The molecule has 6 nitrogen and oxygen atoms in total. The Labute approximate surface area is 169 Å². The summed E-state index contributed by atoms with van der Waals surface area (Å²) in [5.41, 5.74) is 4.78. The molecule has 0 unspecified atom stereocenters. The lowest BCUT2D eigenvalue weighted by atomic mass is 10.1. The Morgan fingerprint density at radius 3 is 2.41 bits per heavy atom. The zero-order chi connectivity index (χ0) is 20.8. The summed E-state index contributed by atoms with van der Waals surface area (Å²) >= 11 is 0. The smallest absolute Gasteiger partial charge is 0.340 e. The molecule has 6 heteroatoms. The minimum Gasteiger partial charge on any atom is -0.467 e. The highest BCUT2D eigenvalue weighted by Gasteiger charge is 2.15. The molecule has 0 bridgehead atoms. The van der Waals surface area contributed by atoms with E-state index < -0.39 is 5.97 Å². The number of esters is 1. The van der Waals surface area contributed by atoms with E-state index in [0.717, 1.165) is 28.1 Å². The molecule has 2 N–H and O–H groups in total. The third-order valence-electron chi connectivity index (χ3n) is 4.46. The molecule has 1 aromatic heterocycles. The summed E-state index contributed by atoms with van der Waals surface area (Å²) in [5, 5.41) is 5.98. The molecule has 2 aromatic carbocycles. The number of carbonyl (C=O) groups is 2. The average molecular weight is 392 g/mol. The Hall–Kier alpha value is -3.54. The fourth-order valence-electron chi connectivity index (χ4n) is 3.17. The Bertz CT molecular complexity index is 986. The highest BCUT2D eigenvalue weighted by Crippen LogP contribution is 2.22.